The average Bonchev–Trinajstić information content (AvgIpc) is 2.29. The molecule has 2 aliphatic heterocycles. The number of carbonyl (C=O) groups excluding carboxylic acids is 1. The average molecular weight is 166 g/mol. The van der Waals surface area contributed by atoms with Gasteiger partial charge in [-0.1, -0.05) is 6.58 Å². The molecule has 2 N–H and O–H groups in total. The van der Waals surface area contributed by atoms with E-state index in [-0.39, 0.29) is 11.3 Å². The smallest absolute Gasteiger partial charge is 0.225 e. The van der Waals surface area contributed by atoms with Gasteiger partial charge in [0.25, 0.3) is 0 Å². The lowest BCUT2D eigenvalue weighted by Crippen LogP contribution is -2.36. The largest absolute Gasteiger partial charge is 0.330 e. The molecule has 12 heavy (non-hydrogen) atoms. The van der Waals surface area contributed by atoms with E-state index in [9.17, 15) is 4.79 Å². The fourth-order valence-electron chi connectivity index (χ4n) is 2.14. The van der Waals surface area contributed by atoms with Crippen molar-refractivity contribution in [2.75, 3.05) is 13.1 Å². The molecule has 2 saturated heterocycles. The topological polar surface area (TPSA) is 41.1 Å². The van der Waals surface area contributed by atoms with Gasteiger partial charge in [0.2, 0.25) is 5.91 Å². The first kappa shape index (κ1) is 7.80. The summed E-state index contributed by atoms with van der Waals surface area (Å²) in [5.41, 5.74) is 1.02. The maximum atomic E-state index is 11.1. The monoisotopic (exact) mass is 166 g/mol. The van der Waals surface area contributed by atoms with Gasteiger partial charge < -0.3 is 10.6 Å². The lowest BCUT2D eigenvalue weighted by molar-refractivity contribution is -0.119. The molecule has 3 nitrogen and oxygen atoms in total. The molecule has 1 spiro atoms. The maximum absolute atomic E-state index is 11.1. The van der Waals surface area contributed by atoms with Crippen molar-refractivity contribution in [3.63, 3.8) is 0 Å². The van der Waals surface area contributed by atoms with Crippen LogP contribution in [0.15, 0.2) is 12.3 Å². The van der Waals surface area contributed by atoms with E-state index in [1.54, 1.807) is 0 Å². The van der Waals surface area contributed by atoms with Crippen molar-refractivity contribution in [2.45, 2.75) is 19.3 Å². The molecule has 0 radical (unpaired) electrons. The van der Waals surface area contributed by atoms with Crippen molar-refractivity contribution in [1.29, 1.82) is 0 Å². The van der Waals surface area contributed by atoms with E-state index >= 15 is 0 Å². The van der Waals surface area contributed by atoms with Crippen LogP contribution in [0.4, 0.5) is 0 Å². The van der Waals surface area contributed by atoms with Gasteiger partial charge in [0.1, 0.15) is 0 Å². The first-order valence-corrected chi connectivity index (χ1v) is 4.43. The normalized spacial score (nSPS) is 27.7. The van der Waals surface area contributed by atoms with Crippen LogP contribution >= 0.6 is 0 Å². The molecule has 1 amide bonds. The molecule has 0 unspecified atom stereocenters. The van der Waals surface area contributed by atoms with Crippen LogP contribution in [0.5, 0.6) is 0 Å². The Bertz CT molecular complexity index is 229. The summed E-state index contributed by atoms with van der Waals surface area (Å²) in [5.74, 6) is 0.141. The van der Waals surface area contributed by atoms with Gasteiger partial charge in [-0.15, -0.1) is 0 Å². The first-order chi connectivity index (χ1) is 5.73. The third-order valence-electron chi connectivity index (χ3n) is 2.99. The number of carbonyl (C=O) groups is 1. The number of amides is 1. The van der Waals surface area contributed by atoms with E-state index in [0.717, 1.165) is 31.6 Å². The predicted molar refractivity (Wildman–Crippen MR) is 46.4 cm³/mol. The summed E-state index contributed by atoms with van der Waals surface area (Å²) in [5, 5.41) is 6.11. The summed E-state index contributed by atoms with van der Waals surface area (Å²) in [6.07, 6.45) is 2.74. The molecule has 2 fully saturated rings. The maximum Gasteiger partial charge on any atom is 0.225 e. The first-order valence-electron chi connectivity index (χ1n) is 4.43. The molecule has 0 aromatic heterocycles. The zero-order chi connectivity index (χ0) is 8.60. The molecule has 2 rings (SSSR count). The minimum absolute atomic E-state index is 0.0856. The van der Waals surface area contributed by atoms with Crippen LogP contribution in [0.1, 0.15) is 19.3 Å². The van der Waals surface area contributed by atoms with Gasteiger partial charge in [-0.2, -0.15) is 0 Å². The Hall–Kier alpha value is -0.830. The molecule has 0 aliphatic carbocycles. The van der Waals surface area contributed by atoms with Gasteiger partial charge in [0.05, 0.1) is 0 Å². The summed E-state index contributed by atoms with van der Waals surface area (Å²) in [4.78, 5) is 11.1. The molecule has 0 saturated carbocycles. The Kier molecular flexibility index (Phi) is 1.68. The van der Waals surface area contributed by atoms with Gasteiger partial charge in [-0.3, -0.25) is 4.79 Å². The lowest BCUT2D eigenvalue weighted by atomic mass is 9.76. The van der Waals surface area contributed by atoms with Gasteiger partial charge >= 0.3 is 0 Å². The van der Waals surface area contributed by atoms with E-state index in [1.165, 1.54) is 0 Å². The Labute approximate surface area is 72.2 Å². The van der Waals surface area contributed by atoms with Crippen LogP contribution in [0.2, 0.25) is 0 Å². The quantitative estimate of drug-likeness (QED) is 0.546. The molecule has 2 aliphatic rings. The molecular formula is C9H14N2O. The van der Waals surface area contributed by atoms with Crippen LogP contribution < -0.4 is 10.6 Å². The number of allylic oxidation sites excluding steroid dienone is 1. The second kappa shape index (κ2) is 2.59. The highest BCUT2D eigenvalue weighted by molar-refractivity contribution is 5.82. The van der Waals surface area contributed by atoms with E-state index in [1.807, 2.05) is 0 Å². The predicted octanol–water partition coefficient (Wildman–Crippen LogP) is 0.390. The van der Waals surface area contributed by atoms with Gasteiger partial charge in [-0.25, -0.2) is 0 Å². The van der Waals surface area contributed by atoms with Crippen molar-refractivity contribution >= 4 is 5.91 Å². The van der Waals surface area contributed by atoms with Crippen LogP contribution in [0, 0.1) is 5.41 Å². The minimum Gasteiger partial charge on any atom is -0.330 e. The number of hydrogen-bond acceptors (Lipinski definition) is 2. The third kappa shape index (κ3) is 1.05. The number of nitrogens with one attached hydrogen (secondary N) is 2. The summed E-state index contributed by atoms with van der Waals surface area (Å²) >= 11 is 0. The SMILES string of the molecule is C=C1NC(=O)CC12CCNCC2. The molecule has 0 aromatic carbocycles. The van der Waals surface area contributed by atoms with Crippen LogP contribution in [-0.4, -0.2) is 19.0 Å². The van der Waals surface area contributed by atoms with Crippen LogP contribution in [0.25, 0.3) is 0 Å². The third-order valence-corrected chi connectivity index (χ3v) is 2.99. The second-order valence-corrected chi connectivity index (χ2v) is 3.73. The van der Waals surface area contributed by atoms with E-state index in [2.05, 4.69) is 17.2 Å². The fourth-order valence-corrected chi connectivity index (χ4v) is 2.14. The number of hydrogen-bond donors (Lipinski definition) is 2. The summed E-state index contributed by atoms with van der Waals surface area (Å²) < 4.78 is 0. The Morgan fingerprint density at radius 1 is 1.33 bits per heavy atom. The highest BCUT2D eigenvalue weighted by Crippen LogP contribution is 2.41. The van der Waals surface area contributed by atoms with Gasteiger partial charge in [0.15, 0.2) is 0 Å². The molecule has 66 valence electrons. The lowest BCUT2D eigenvalue weighted by Gasteiger charge is -2.32. The summed E-state index contributed by atoms with van der Waals surface area (Å²) in [7, 11) is 0. The zero-order valence-corrected chi connectivity index (χ0v) is 7.15. The standard InChI is InChI=1S/C9H14N2O/c1-7-9(6-8(12)11-7)2-4-10-5-3-9/h10H,1-6H2,(H,11,12). The number of rotatable bonds is 0. The molecule has 3 heteroatoms. The Balaban J connectivity index is 2.18. The van der Waals surface area contributed by atoms with E-state index in [0.29, 0.717) is 6.42 Å². The highest BCUT2D eigenvalue weighted by Gasteiger charge is 2.42. The Morgan fingerprint density at radius 2 is 2.00 bits per heavy atom. The molecular weight excluding hydrogens is 152 g/mol. The minimum atomic E-state index is 0.0856. The van der Waals surface area contributed by atoms with Gasteiger partial charge in [-0.05, 0) is 25.9 Å². The second-order valence-electron chi connectivity index (χ2n) is 3.73. The zero-order valence-electron chi connectivity index (χ0n) is 7.15. The van der Waals surface area contributed by atoms with Gasteiger partial charge in [0, 0.05) is 17.5 Å². The molecule has 0 bridgehead atoms. The summed E-state index contributed by atoms with van der Waals surface area (Å²) in [6.45, 7) is 5.94. The van der Waals surface area contributed by atoms with Crippen molar-refractivity contribution in [2.24, 2.45) is 5.41 Å². The van der Waals surface area contributed by atoms with E-state index in [4.69, 9.17) is 0 Å². The van der Waals surface area contributed by atoms with Crippen LogP contribution in [0.3, 0.4) is 0 Å². The van der Waals surface area contributed by atoms with Crippen LogP contribution in [-0.2, 0) is 4.79 Å². The molecule has 0 aromatic rings. The highest BCUT2D eigenvalue weighted by atomic mass is 16.2. The van der Waals surface area contributed by atoms with Crippen molar-refractivity contribution in [3.8, 4) is 0 Å². The fraction of sp³-hybridized carbons (Fsp3) is 0.667. The number of piperidine rings is 1. The van der Waals surface area contributed by atoms with Crippen molar-refractivity contribution < 1.29 is 4.79 Å². The Morgan fingerprint density at radius 3 is 2.50 bits per heavy atom. The van der Waals surface area contributed by atoms with Crippen molar-refractivity contribution in [3.05, 3.63) is 12.3 Å². The summed E-state index contributed by atoms with van der Waals surface area (Å²) in [6, 6.07) is 0. The van der Waals surface area contributed by atoms with Crippen molar-refractivity contribution in [1.82, 2.24) is 10.6 Å². The molecule has 2 heterocycles. The van der Waals surface area contributed by atoms with E-state index < -0.39 is 0 Å². The molecule has 0 atom stereocenters.